The number of amides is 2. The van der Waals surface area contributed by atoms with Crippen LogP contribution in [-0.4, -0.2) is 63.2 Å². The summed E-state index contributed by atoms with van der Waals surface area (Å²) >= 11 is 0. The minimum absolute atomic E-state index is 0.0448. The second-order valence-electron chi connectivity index (χ2n) is 9.23. The smallest absolute Gasteiger partial charge is 0.404 e. The lowest BCUT2D eigenvalue weighted by Crippen LogP contribution is -2.35. The van der Waals surface area contributed by atoms with E-state index in [9.17, 15) is 9.59 Å². The zero-order valence-electron chi connectivity index (χ0n) is 21.9. The van der Waals surface area contributed by atoms with Gasteiger partial charge in [0.15, 0.2) is 11.7 Å². The van der Waals surface area contributed by atoms with Crippen molar-refractivity contribution < 1.29 is 34.6 Å². The first-order valence-corrected chi connectivity index (χ1v) is 12.7. The minimum atomic E-state index is -1.11. The van der Waals surface area contributed by atoms with Crippen LogP contribution in [0, 0.1) is 0 Å². The van der Waals surface area contributed by atoms with Gasteiger partial charge in [0.2, 0.25) is 0 Å². The maximum absolute atomic E-state index is 13.6. The summed E-state index contributed by atoms with van der Waals surface area (Å²) in [6.07, 6.45) is 1.10. The summed E-state index contributed by atoms with van der Waals surface area (Å²) in [5, 5.41) is 34.9. The number of benzene rings is 3. The molecule has 0 radical (unpaired) electrons. The minimum Gasteiger partial charge on any atom is -0.465 e. The summed E-state index contributed by atoms with van der Waals surface area (Å²) in [4.78, 5) is 26.2. The van der Waals surface area contributed by atoms with E-state index in [1.54, 1.807) is 71.6 Å². The van der Waals surface area contributed by atoms with Crippen molar-refractivity contribution in [2.45, 2.75) is 25.3 Å². The number of hydrogen-bond donors (Lipinski definition) is 6. The van der Waals surface area contributed by atoms with Gasteiger partial charge in [-0.2, -0.15) is 0 Å². The molecule has 0 atom stereocenters. The number of rotatable bonds is 12. The van der Waals surface area contributed by atoms with E-state index in [-0.39, 0.29) is 30.2 Å². The Hall–Kier alpha value is -5.46. The largest absolute Gasteiger partial charge is 0.465 e. The Morgan fingerprint density at radius 2 is 1.29 bits per heavy atom. The molecular formula is C28H30N6O7. The highest BCUT2D eigenvalue weighted by Gasteiger charge is 2.33. The fraction of sp³-hybridized carbons (Fsp3) is 0.214. The number of amidine groups is 2. The van der Waals surface area contributed by atoms with E-state index in [0.717, 1.165) is 12.8 Å². The number of ether oxygens (including phenoxy) is 2. The lowest BCUT2D eigenvalue weighted by Gasteiger charge is -2.23. The van der Waals surface area contributed by atoms with Crippen molar-refractivity contribution in [3.05, 3.63) is 83.4 Å². The van der Waals surface area contributed by atoms with Crippen molar-refractivity contribution in [1.82, 2.24) is 10.2 Å². The van der Waals surface area contributed by atoms with Gasteiger partial charge in [-0.1, -0.05) is 10.3 Å². The van der Waals surface area contributed by atoms with Gasteiger partial charge in [-0.15, -0.1) is 0 Å². The van der Waals surface area contributed by atoms with E-state index in [0.29, 0.717) is 52.7 Å². The van der Waals surface area contributed by atoms with Crippen molar-refractivity contribution in [1.29, 1.82) is 0 Å². The number of hydrogen-bond acceptors (Lipinski definition) is 8. The lowest BCUT2D eigenvalue weighted by atomic mass is 10.1. The lowest BCUT2D eigenvalue weighted by molar-refractivity contribution is 0.0740. The molecule has 1 fully saturated rings. The maximum Gasteiger partial charge on any atom is 0.404 e. The average Bonchev–Trinajstić information content (AvgIpc) is 3.82. The number of carbonyl (C=O) groups excluding carboxylic acids is 1. The zero-order chi connectivity index (χ0) is 29.4. The SMILES string of the molecule is NC(=NO)c1ccc(Oc2cc(Oc3ccc(C(N)=NO)cc3)cc(C(=O)N(CCCNC(=O)O)C3CC3)c2)cc1. The summed E-state index contributed by atoms with van der Waals surface area (Å²) < 4.78 is 12.1. The van der Waals surface area contributed by atoms with Crippen molar-refractivity contribution in [2.24, 2.45) is 21.8 Å². The summed E-state index contributed by atoms with van der Waals surface area (Å²) in [5.74, 6) is 1.22. The third kappa shape index (κ3) is 7.79. The number of carboxylic acid groups (broad SMARTS) is 1. The van der Waals surface area contributed by atoms with Crippen molar-refractivity contribution in [3.63, 3.8) is 0 Å². The normalized spacial score (nSPS) is 13.4. The van der Waals surface area contributed by atoms with E-state index in [4.69, 9.17) is 36.5 Å². The van der Waals surface area contributed by atoms with Gasteiger partial charge in [0, 0.05) is 41.9 Å². The topological polar surface area (TPSA) is 205 Å². The third-order valence-electron chi connectivity index (χ3n) is 6.21. The number of nitrogens with one attached hydrogen (secondary N) is 1. The fourth-order valence-electron chi connectivity index (χ4n) is 4.03. The van der Waals surface area contributed by atoms with Gasteiger partial charge in [-0.3, -0.25) is 4.79 Å². The van der Waals surface area contributed by atoms with Gasteiger partial charge in [0.05, 0.1) is 0 Å². The molecule has 8 N–H and O–H groups in total. The first-order chi connectivity index (χ1) is 19.8. The van der Waals surface area contributed by atoms with Crippen LogP contribution in [0.2, 0.25) is 0 Å². The van der Waals surface area contributed by atoms with Crippen LogP contribution in [-0.2, 0) is 0 Å². The van der Waals surface area contributed by atoms with Crippen LogP contribution in [0.25, 0.3) is 0 Å². The van der Waals surface area contributed by atoms with Crippen molar-refractivity contribution >= 4 is 23.7 Å². The Bertz CT molecular complexity index is 1360. The van der Waals surface area contributed by atoms with Crippen LogP contribution in [0.5, 0.6) is 23.0 Å². The Kier molecular flexibility index (Phi) is 9.09. The molecule has 0 bridgehead atoms. The van der Waals surface area contributed by atoms with Crippen LogP contribution < -0.4 is 26.3 Å². The van der Waals surface area contributed by atoms with Gasteiger partial charge >= 0.3 is 6.09 Å². The summed E-state index contributed by atoms with van der Waals surface area (Å²) in [6, 6.07) is 18.0. The van der Waals surface area contributed by atoms with Crippen LogP contribution >= 0.6 is 0 Å². The molecule has 214 valence electrons. The predicted octanol–water partition coefficient (Wildman–Crippen LogP) is 3.72. The molecule has 0 spiro atoms. The van der Waals surface area contributed by atoms with Gasteiger partial charge in [-0.25, -0.2) is 4.79 Å². The summed E-state index contributed by atoms with van der Waals surface area (Å²) in [5.41, 5.74) is 12.6. The molecule has 1 aliphatic rings. The van der Waals surface area contributed by atoms with E-state index >= 15 is 0 Å². The van der Waals surface area contributed by atoms with E-state index < -0.39 is 6.09 Å². The van der Waals surface area contributed by atoms with Crippen LogP contribution in [0.1, 0.15) is 40.7 Å². The molecule has 41 heavy (non-hydrogen) atoms. The number of carbonyl (C=O) groups is 2. The standard InChI is InChI=1S/C28H30N6O7/c29-25(32-38)17-2-8-21(9-3-17)40-23-14-19(27(35)34(20-6-7-20)13-1-12-31-28(36)37)15-24(16-23)41-22-10-4-18(5-11-22)26(30)33-39/h2-5,8-11,14-16,20,31,38-39H,1,6-7,12-13H2,(H2,29,32)(H2,30,33)(H,36,37). The Balaban J connectivity index is 1.61. The maximum atomic E-state index is 13.6. The zero-order valence-corrected chi connectivity index (χ0v) is 21.9. The van der Waals surface area contributed by atoms with Gasteiger partial charge in [0.25, 0.3) is 5.91 Å². The Morgan fingerprint density at radius 3 is 1.71 bits per heavy atom. The molecule has 1 saturated carbocycles. The van der Waals surface area contributed by atoms with Gasteiger partial charge in [-0.05, 0) is 79.9 Å². The molecule has 13 nitrogen and oxygen atoms in total. The molecule has 1 aliphatic carbocycles. The van der Waals surface area contributed by atoms with Crippen LogP contribution in [0.15, 0.2) is 77.0 Å². The van der Waals surface area contributed by atoms with Crippen LogP contribution in [0.3, 0.4) is 0 Å². The number of nitrogens with zero attached hydrogens (tertiary/aromatic N) is 3. The number of oxime groups is 2. The summed E-state index contributed by atoms with van der Waals surface area (Å²) in [6.45, 7) is 0.613. The van der Waals surface area contributed by atoms with Gasteiger partial charge in [0.1, 0.15) is 23.0 Å². The molecule has 4 rings (SSSR count). The Morgan fingerprint density at radius 1 is 0.805 bits per heavy atom. The monoisotopic (exact) mass is 562 g/mol. The quantitative estimate of drug-likeness (QED) is 0.0624. The fourth-order valence-corrected chi connectivity index (χ4v) is 4.03. The number of nitrogens with two attached hydrogens (primary N) is 2. The molecule has 13 heteroatoms. The molecule has 3 aromatic carbocycles. The molecular weight excluding hydrogens is 532 g/mol. The third-order valence-corrected chi connectivity index (χ3v) is 6.21. The highest BCUT2D eigenvalue weighted by Crippen LogP contribution is 2.33. The van der Waals surface area contributed by atoms with Crippen molar-refractivity contribution in [3.8, 4) is 23.0 Å². The molecule has 0 heterocycles. The molecule has 2 amide bonds. The second-order valence-corrected chi connectivity index (χ2v) is 9.23. The van der Waals surface area contributed by atoms with E-state index in [2.05, 4.69) is 15.6 Å². The van der Waals surface area contributed by atoms with Crippen molar-refractivity contribution in [2.75, 3.05) is 13.1 Å². The molecule has 0 aromatic heterocycles. The van der Waals surface area contributed by atoms with E-state index in [1.165, 1.54) is 0 Å². The highest BCUT2D eigenvalue weighted by atomic mass is 16.5. The highest BCUT2D eigenvalue weighted by molar-refractivity contribution is 5.98. The van der Waals surface area contributed by atoms with Crippen LogP contribution in [0.4, 0.5) is 4.79 Å². The molecule has 0 unspecified atom stereocenters. The molecule has 0 aliphatic heterocycles. The average molecular weight is 563 g/mol. The molecule has 3 aromatic rings. The predicted molar refractivity (Wildman–Crippen MR) is 149 cm³/mol. The van der Waals surface area contributed by atoms with Gasteiger partial charge < -0.3 is 46.7 Å². The molecule has 0 saturated heterocycles. The Labute approximate surface area is 235 Å². The first-order valence-electron chi connectivity index (χ1n) is 12.7. The van der Waals surface area contributed by atoms with E-state index in [1.807, 2.05) is 0 Å². The summed E-state index contributed by atoms with van der Waals surface area (Å²) in [7, 11) is 0. The first kappa shape index (κ1) is 28.5. The second kappa shape index (κ2) is 13.1.